The smallest absolute Gasteiger partial charge is 0.327 e. The second-order valence-electron chi connectivity index (χ2n) is 6.27. The molecule has 1 N–H and O–H groups in total. The normalized spacial score (nSPS) is 11.9. The van der Waals surface area contributed by atoms with Crippen molar-refractivity contribution in [3.05, 3.63) is 68.1 Å². The second kappa shape index (κ2) is 10.4. The summed E-state index contributed by atoms with van der Waals surface area (Å²) in [5.74, 6) is -0.474. The van der Waals surface area contributed by atoms with Crippen molar-refractivity contribution < 1.29 is 14.3 Å². The predicted octanol–water partition coefficient (Wildman–Crippen LogP) is 3.09. The Bertz CT molecular complexity index is 885. The lowest BCUT2D eigenvalue weighted by atomic mass is 10.1. The van der Waals surface area contributed by atoms with Crippen LogP contribution in [-0.4, -0.2) is 29.5 Å². The van der Waals surface area contributed by atoms with E-state index in [-0.39, 0.29) is 42.4 Å². The summed E-state index contributed by atoms with van der Waals surface area (Å²) in [5.41, 5.74) is 1.02. The SMILES string of the molecule is CCOC(=O)C(NCCC(=O)Cc1cc(Cl)c(=O)n(C)c1)c1cccc(Cl)c1. The first-order valence-electron chi connectivity index (χ1n) is 8.84. The minimum Gasteiger partial charge on any atom is -0.465 e. The van der Waals surface area contributed by atoms with Crippen molar-refractivity contribution in [3.8, 4) is 0 Å². The van der Waals surface area contributed by atoms with E-state index in [9.17, 15) is 14.4 Å². The van der Waals surface area contributed by atoms with E-state index in [2.05, 4.69) is 5.32 Å². The Kier molecular flexibility index (Phi) is 8.23. The van der Waals surface area contributed by atoms with Crippen LogP contribution >= 0.6 is 23.2 Å². The average molecular weight is 425 g/mol. The molecule has 0 amide bonds. The summed E-state index contributed by atoms with van der Waals surface area (Å²) >= 11 is 11.9. The molecule has 2 aromatic rings. The van der Waals surface area contributed by atoms with Crippen LogP contribution in [0.15, 0.2) is 41.3 Å². The van der Waals surface area contributed by atoms with E-state index in [1.165, 1.54) is 10.6 Å². The lowest BCUT2D eigenvalue weighted by molar-refractivity contribution is -0.146. The lowest BCUT2D eigenvalue weighted by Gasteiger charge is -2.18. The number of nitrogens with one attached hydrogen (secondary N) is 1. The average Bonchev–Trinajstić information content (AvgIpc) is 2.63. The number of nitrogens with zero attached hydrogens (tertiary/aromatic N) is 1. The van der Waals surface area contributed by atoms with Crippen molar-refractivity contribution in [3.63, 3.8) is 0 Å². The third-order valence-electron chi connectivity index (χ3n) is 4.05. The highest BCUT2D eigenvalue weighted by Gasteiger charge is 2.22. The number of ether oxygens (including phenoxy) is 1. The molecule has 6 nitrogen and oxygen atoms in total. The monoisotopic (exact) mass is 424 g/mol. The minimum absolute atomic E-state index is 0.0454. The summed E-state index contributed by atoms with van der Waals surface area (Å²) in [7, 11) is 1.58. The van der Waals surface area contributed by atoms with Gasteiger partial charge in [-0.3, -0.25) is 9.59 Å². The highest BCUT2D eigenvalue weighted by Crippen LogP contribution is 2.19. The zero-order valence-electron chi connectivity index (χ0n) is 15.7. The number of benzene rings is 1. The van der Waals surface area contributed by atoms with Crippen LogP contribution in [0.1, 0.15) is 30.5 Å². The van der Waals surface area contributed by atoms with Crippen molar-refractivity contribution >= 4 is 35.0 Å². The molecule has 0 aliphatic heterocycles. The first-order chi connectivity index (χ1) is 13.3. The number of hydrogen-bond donors (Lipinski definition) is 1. The lowest BCUT2D eigenvalue weighted by Crippen LogP contribution is -2.32. The Labute approximate surface area is 173 Å². The summed E-state index contributed by atoms with van der Waals surface area (Å²) in [4.78, 5) is 36.2. The molecule has 1 heterocycles. The van der Waals surface area contributed by atoms with Crippen molar-refractivity contribution in [1.29, 1.82) is 0 Å². The molecule has 0 aliphatic rings. The number of carbonyl (C=O) groups is 2. The Hall–Kier alpha value is -2.15. The maximum atomic E-state index is 12.3. The van der Waals surface area contributed by atoms with Crippen LogP contribution in [0, 0.1) is 0 Å². The fraction of sp³-hybridized carbons (Fsp3) is 0.350. The molecule has 0 aliphatic carbocycles. The quantitative estimate of drug-likeness (QED) is 0.625. The first kappa shape index (κ1) is 22.1. The number of pyridine rings is 1. The molecular formula is C20H22Cl2N2O4. The number of rotatable bonds is 9. The highest BCUT2D eigenvalue weighted by atomic mass is 35.5. The van der Waals surface area contributed by atoms with Gasteiger partial charge in [-0.1, -0.05) is 35.3 Å². The van der Waals surface area contributed by atoms with Crippen LogP contribution in [0.2, 0.25) is 10.0 Å². The second-order valence-corrected chi connectivity index (χ2v) is 7.12. The van der Waals surface area contributed by atoms with Crippen molar-refractivity contribution in [1.82, 2.24) is 9.88 Å². The summed E-state index contributed by atoms with van der Waals surface area (Å²) in [6.45, 7) is 2.27. The standard InChI is InChI=1S/C20H22Cl2N2O4/c1-3-28-20(27)18(14-5-4-6-15(21)11-14)23-8-7-16(25)9-13-10-17(22)19(26)24(2)12-13/h4-6,10-12,18,23H,3,7-9H2,1-2H3. The molecule has 8 heteroatoms. The van der Waals surface area contributed by atoms with Crippen LogP contribution in [0.5, 0.6) is 0 Å². The number of hydrogen-bond acceptors (Lipinski definition) is 5. The molecule has 0 fully saturated rings. The largest absolute Gasteiger partial charge is 0.465 e. The van der Waals surface area contributed by atoms with Gasteiger partial charge in [-0.15, -0.1) is 0 Å². The van der Waals surface area contributed by atoms with Gasteiger partial charge in [0.15, 0.2) is 0 Å². The maximum absolute atomic E-state index is 12.3. The molecule has 0 bridgehead atoms. The Morgan fingerprint density at radius 1 is 1.25 bits per heavy atom. The number of carbonyl (C=O) groups excluding carboxylic acids is 2. The first-order valence-corrected chi connectivity index (χ1v) is 9.59. The molecule has 0 radical (unpaired) electrons. The summed E-state index contributed by atoms with van der Waals surface area (Å²) in [6, 6.07) is 7.72. The Morgan fingerprint density at radius 2 is 2.00 bits per heavy atom. The van der Waals surface area contributed by atoms with Gasteiger partial charge in [0.1, 0.15) is 16.8 Å². The zero-order valence-corrected chi connectivity index (χ0v) is 17.2. The van der Waals surface area contributed by atoms with Gasteiger partial charge < -0.3 is 14.6 Å². The molecule has 1 aromatic carbocycles. The van der Waals surface area contributed by atoms with E-state index in [0.717, 1.165) is 0 Å². The highest BCUT2D eigenvalue weighted by molar-refractivity contribution is 6.30. The van der Waals surface area contributed by atoms with E-state index in [0.29, 0.717) is 16.1 Å². The van der Waals surface area contributed by atoms with Gasteiger partial charge in [0, 0.05) is 37.7 Å². The van der Waals surface area contributed by atoms with E-state index in [1.54, 1.807) is 44.4 Å². The van der Waals surface area contributed by atoms with Crippen LogP contribution in [-0.2, 0) is 27.8 Å². The molecular weight excluding hydrogens is 403 g/mol. The number of Topliss-reactive ketones (excluding diaryl/α,β-unsaturated/α-hetero) is 1. The molecule has 1 aromatic heterocycles. The summed E-state index contributed by atoms with van der Waals surface area (Å²) < 4.78 is 6.46. The molecule has 1 atom stereocenters. The topological polar surface area (TPSA) is 77.4 Å². The van der Waals surface area contributed by atoms with E-state index in [4.69, 9.17) is 27.9 Å². The van der Waals surface area contributed by atoms with Crippen LogP contribution in [0.3, 0.4) is 0 Å². The molecule has 0 spiro atoms. The maximum Gasteiger partial charge on any atom is 0.327 e. The minimum atomic E-state index is -0.710. The van der Waals surface area contributed by atoms with Gasteiger partial charge in [0.25, 0.3) is 5.56 Å². The van der Waals surface area contributed by atoms with Gasteiger partial charge in [-0.25, -0.2) is 4.79 Å². The van der Waals surface area contributed by atoms with E-state index in [1.807, 2.05) is 0 Å². The fourth-order valence-electron chi connectivity index (χ4n) is 2.76. The predicted molar refractivity (Wildman–Crippen MR) is 109 cm³/mol. The number of esters is 1. The molecule has 2 rings (SSSR count). The molecule has 28 heavy (non-hydrogen) atoms. The van der Waals surface area contributed by atoms with E-state index < -0.39 is 12.0 Å². The van der Waals surface area contributed by atoms with E-state index >= 15 is 0 Å². The molecule has 150 valence electrons. The number of aryl methyl sites for hydroxylation is 1. The van der Waals surface area contributed by atoms with Gasteiger partial charge in [-0.05, 0) is 36.2 Å². The van der Waals surface area contributed by atoms with Crippen molar-refractivity contribution in [2.75, 3.05) is 13.2 Å². The molecule has 1 unspecified atom stereocenters. The third-order valence-corrected chi connectivity index (χ3v) is 4.56. The number of halogens is 2. The summed E-state index contributed by atoms with van der Waals surface area (Å²) in [5, 5.41) is 3.65. The fourth-order valence-corrected chi connectivity index (χ4v) is 3.23. The Balaban J connectivity index is 1.98. The van der Waals surface area contributed by atoms with Gasteiger partial charge in [0.2, 0.25) is 0 Å². The number of ketones is 1. The van der Waals surface area contributed by atoms with Crippen LogP contribution < -0.4 is 10.9 Å². The van der Waals surface area contributed by atoms with Gasteiger partial charge in [0.05, 0.1) is 6.61 Å². The van der Waals surface area contributed by atoms with Gasteiger partial charge >= 0.3 is 5.97 Å². The summed E-state index contributed by atoms with van der Waals surface area (Å²) in [6.07, 6.45) is 1.95. The number of aromatic nitrogens is 1. The van der Waals surface area contributed by atoms with Crippen molar-refractivity contribution in [2.45, 2.75) is 25.8 Å². The Morgan fingerprint density at radius 3 is 2.64 bits per heavy atom. The molecule has 0 saturated heterocycles. The zero-order chi connectivity index (χ0) is 20.7. The van der Waals surface area contributed by atoms with Crippen LogP contribution in [0.25, 0.3) is 0 Å². The third kappa shape index (κ3) is 6.19. The van der Waals surface area contributed by atoms with Crippen LogP contribution in [0.4, 0.5) is 0 Å². The van der Waals surface area contributed by atoms with Gasteiger partial charge in [-0.2, -0.15) is 0 Å². The molecule has 0 saturated carbocycles. The van der Waals surface area contributed by atoms with Crippen molar-refractivity contribution in [2.24, 2.45) is 7.05 Å².